The molecule has 0 spiro atoms. The molecule has 0 unspecified atom stereocenters. The molecule has 0 radical (unpaired) electrons. The number of hydrogen-bond acceptors (Lipinski definition) is 2. The summed E-state index contributed by atoms with van der Waals surface area (Å²) in [4.78, 5) is 0. The Bertz CT molecular complexity index is 344. The van der Waals surface area contributed by atoms with Crippen molar-refractivity contribution in [2.75, 3.05) is 18.5 Å². The van der Waals surface area contributed by atoms with Crippen molar-refractivity contribution < 1.29 is 4.74 Å². The van der Waals surface area contributed by atoms with Crippen LogP contribution in [0.4, 0.5) is 5.69 Å². The molecule has 0 atom stereocenters. The van der Waals surface area contributed by atoms with E-state index in [0.29, 0.717) is 5.92 Å². The van der Waals surface area contributed by atoms with Crippen LogP contribution in [0.3, 0.4) is 0 Å². The lowest BCUT2D eigenvalue weighted by Crippen LogP contribution is -2.19. The third kappa shape index (κ3) is 1.45. The fourth-order valence-corrected chi connectivity index (χ4v) is 2.01. The molecule has 2 nitrogen and oxygen atoms in total. The topological polar surface area (TPSA) is 21.3 Å². The lowest BCUT2D eigenvalue weighted by Gasteiger charge is -2.23. The minimum absolute atomic E-state index is 0.573. The Morgan fingerprint density at radius 1 is 1.36 bits per heavy atom. The molecule has 1 aromatic rings. The quantitative estimate of drug-likeness (QED) is 0.737. The summed E-state index contributed by atoms with van der Waals surface area (Å²) in [6.45, 7) is 8.29. The van der Waals surface area contributed by atoms with E-state index >= 15 is 0 Å². The Kier molecular flexibility index (Phi) is 2.36. The summed E-state index contributed by atoms with van der Waals surface area (Å²) in [5.41, 5.74) is 3.92. The Labute approximate surface area is 85.3 Å². The molecule has 1 N–H and O–H groups in total. The van der Waals surface area contributed by atoms with Crippen LogP contribution in [0.25, 0.3) is 0 Å². The van der Waals surface area contributed by atoms with Gasteiger partial charge in [-0.3, -0.25) is 0 Å². The lowest BCUT2D eigenvalue weighted by atomic mass is 9.96. The van der Waals surface area contributed by atoms with Crippen molar-refractivity contribution in [1.82, 2.24) is 0 Å². The molecular formula is C12H17NO. The predicted octanol–water partition coefficient (Wildman–Crippen LogP) is 2.92. The van der Waals surface area contributed by atoms with Crippen LogP contribution in [0.5, 0.6) is 5.75 Å². The fourth-order valence-electron chi connectivity index (χ4n) is 2.01. The first-order chi connectivity index (χ1) is 6.70. The van der Waals surface area contributed by atoms with Crippen LogP contribution in [0.1, 0.15) is 30.9 Å². The lowest BCUT2D eigenvalue weighted by molar-refractivity contribution is 0.323. The molecule has 0 aromatic heterocycles. The molecule has 1 aromatic carbocycles. The van der Waals surface area contributed by atoms with E-state index in [4.69, 9.17) is 4.74 Å². The minimum Gasteiger partial charge on any atom is -0.490 e. The highest BCUT2D eigenvalue weighted by Gasteiger charge is 2.15. The van der Waals surface area contributed by atoms with Crippen molar-refractivity contribution in [2.24, 2.45) is 0 Å². The number of fused-ring (bicyclic) bond motifs is 1. The van der Waals surface area contributed by atoms with Crippen molar-refractivity contribution >= 4 is 5.69 Å². The second kappa shape index (κ2) is 3.52. The monoisotopic (exact) mass is 191 g/mol. The van der Waals surface area contributed by atoms with E-state index in [1.54, 1.807) is 0 Å². The molecule has 0 bridgehead atoms. The fraction of sp³-hybridized carbons (Fsp3) is 0.500. The van der Waals surface area contributed by atoms with Gasteiger partial charge in [0.15, 0.2) is 0 Å². The molecule has 0 saturated carbocycles. The summed E-state index contributed by atoms with van der Waals surface area (Å²) < 4.78 is 5.58. The Morgan fingerprint density at radius 3 is 2.86 bits per heavy atom. The molecule has 1 aliphatic rings. The SMILES string of the molecule is Cc1c(C(C)C)ccc2c1NCCO2. The van der Waals surface area contributed by atoms with Gasteiger partial charge in [0.05, 0.1) is 5.69 Å². The molecular weight excluding hydrogens is 174 g/mol. The van der Waals surface area contributed by atoms with Crippen LogP contribution in [0.2, 0.25) is 0 Å². The highest BCUT2D eigenvalue weighted by atomic mass is 16.5. The van der Waals surface area contributed by atoms with E-state index < -0.39 is 0 Å². The van der Waals surface area contributed by atoms with Gasteiger partial charge in [-0.15, -0.1) is 0 Å². The Morgan fingerprint density at radius 2 is 2.14 bits per heavy atom. The summed E-state index contributed by atoms with van der Waals surface area (Å²) in [5, 5.41) is 3.40. The molecule has 1 heterocycles. The van der Waals surface area contributed by atoms with Gasteiger partial charge in [0.2, 0.25) is 0 Å². The number of nitrogens with one attached hydrogen (secondary N) is 1. The van der Waals surface area contributed by atoms with Gasteiger partial charge in [-0.1, -0.05) is 19.9 Å². The largest absolute Gasteiger partial charge is 0.490 e. The smallest absolute Gasteiger partial charge is 0.142 e. The van der Waals surface area contributed by atoms with E-state index in [9.17, 15) is 0 Å². The van der Waals surface area contributed by atoms with E-state index in [1.807, 2.05) is 0 Å². The highest BCUT2D eigenvalue weighted by molar-refractivity contribution is 5.65. The second-order valence-corrected chi connectivity index (χ2v) is 4.08. The molecule has 76 valence electrons. The first-order valence-electron chi connectivity index (χ1n) is 5.20. The maximum Gasteiger partial charge on any atom is 0.142 e. The van der Waals surface area contributed by atoms with Crippen LogP contribution in [0.15, 0.2) is 12.1 Å². The summed E-state index contributed by atoms with van der Waals surface area (Å²) in [5.74, 6) is 1.57. The summed E-state index contributed by atoms with van der Waals surface area (Å²) >= 11 is 0. The first-order valence-corrected chi connectivity index (χ1v) is 5.20. The number of ether oxygens (including phenoxy) is 1. The average molecular weight is 191 g/mol. The van der Waals surface area contributed by atoms with Crippen molar-refractivity contribution in [1.29, 1.82) is 0 Å². The number of anilines is 1. The van der Waals surface area contributed by atoms with Crippen molar-refractivity contribution in [3.8, 4) is 5.75 Å². The van der Waals surface area contributed by atoms with Gasteiger partial charge in [0.25, 0.3) is 0 Å². The van der Waals surface area contributed by atoms with Gasteiger partial charge < -0.3 is 10.1 Å². The van der Waals surface area contributed by atoms with Crippen molar-refractivity contribution in [3.63, 3.8) is 0 Å². The second-order valence-electron chi connectivity index (χ2n) is 4.08. The molecule has 0 fully saturated rings. The van der Waals surface area contributed by atoms with Gasteiger partial charge in [-0.25, -0.2) is 0 Å². The van der Waals surface area contributed by atoms with E-state index in [0.717, 1.165) is 18.9 Å². The first kappa shape index (κ1) is 9.38. The normalized spacial score (nSPS) is 14.6. The van der Waals surface area contributed by atoms with E-state index in [1.165, 1.54) is 16.8 Å². The molecule has 0 aliphatic carbocycles. The van der Waals surface area contributed by atoms with Crippen molar-refractivity contribution in [3.05, 3.63) is 23.3 Å². The summed E-state index contributed by atoms with van der Waals surface area (Å²) in [6.07, 6.45) is 0. The molecule has 14 heavy (non-hydrogen) atoms. The molecule has 0 amide bonds. The number of rotatable bonds is 1. The minimum atomic E-state index is 0.573. The highest BCUT2D eigenvalue weighted by Crippen LogP contribution is 2.35. The summed E-state index contributed by atoms with van der Waals surface area (Å²) in [6, 6.07) is 4.25. The van der Waals surface area contributed by atoms with Crippen LogP contribution >= 0.6 is 0 Å². The maximum absolute atomic E-state index is 5.58. The summed E-state index contributed by atoms with van der Waals surface area (Å²) in [7, 11) is 0. The maximum atomic E-state index is 5.58. The van der Waals surface area contributed by atoms with Gasteiger partial charge in [-0.2, -0.15) is 0 Å². The van der Waals surface area contributed by atoms with Crippen LogP contribution in [0, 0.1) is 6.92 Å². The van der Waals surface area contributed by atoms with Gasteiger partial charge in [0, 0.05) is 6.54 Å². The number of benzene rings is 1. The standard InChI is InChI=1S/C12H17NO/c1-8(2)10-4-5-11-12(9(10)3)13-6-7-14-11/h4-5,8,13H,6-7H2,1-3H3. The molecule has 2 heteroatoms. The van der Waals surface area contributed by atoms with Crippen molar-refractivity contribution in [2.45, 2.75) is 26.7 Å². The zero-order valence-corrected chi connectivity index (χ0v) is 9.05. The van der Waals surface area contributed by atoms with Crippen LogP contribution < -0.4 is 10.1 Å². The Hall–Kier alpha value is -1.18. The Balaban J connectivity index is 2.49. The van der Waals surface area contributed by atoms with Gasteiger partial charge in [0.1, 0.15) is 12.4 Å². The van der Waals surface area contributed by atoms with Crippen LogP contribution in [-0.4, -0.2) is 13.2 Å². The predicted molar refractivity (Wildman–Crippen MR) is 59.3 cm³/mol. The van der Waals surface area contributed by atoms with E-state index in [-0.39, 0.29) is 0 Å². The molecule has 0 saturated heterocycles. The third-order valence-corrected chi connectivity index (χ3v) is 2.75. The zero-order valence-electron chi connectivity index (χ0n) is 9.05. The zero-order chi connectivity index (χ0) is 10.1. The van der Waals surface area contributed by atoms with Gasteiger partial charge in [-0.05, 0) is 30.0 Å². The third-order valence-electron chi connectivity index (χ3n) is 2.75. The number of hydrogen-bond donors (Lipinski definition) is 1. The molecule has 2 rings (SSSR count). The van der Waals surface area contributed by atoms with E-state index in [2.05, 4.69) is 38.2 Å². The molecule has 1 aliphatic heterocycles. The van der Waals surface area contributed by atoms with Gasteiger partial charge >= 0.3 is 0 Å². The van der Waals surface area contributed by atoms with Crippen LogP contribution in [-0.2, 0) is 0 Å². The average Bonchev–Trinajstić information content (AvgIpc) is 2.18.